The van der Waals surface area contributed by atoms with Gasteiger partial charge in [-0.15, -0.1) is 0 Å². The van der Waals surface area contributed by atoms with Crippen LogP contribution in [0.15, 0.2) is 48.9 Å². The summed E-state index contributed by atoms with van der Waals surface area (Å²) >= 11 is 5.67. The summed E-state index contributed by atoms with van der Waals surface area (Å²) in [5.74, 6) is -0.291. The zero-order valence-corrected chi connectivity index (χ0v) is 14.9. The third-order valence-electron chi connectivity index (χ3n) is 4.63. The number of ketones is 1. The average Bonchev–Trinajstić information content (AvgIpc) is 3.46. The SMILES string of the molecule is N#Cc1cc(C(=O)c2cnc(Cl)nc2)cc(-c2ccc(C3(N)CC3)cn2)c1. The highest BCUT2D eigenvalue weighted by molar-refractivity contribution is 6.28. The molecule has 1 fully saturated rings. The van der Waals surface area contributed by atoms with E-state index in [4.69, 9.17) is 17.3 Å². The molecule has 0 unspecified atom stereocenters. The maximum absolute atomic E-state index is 12.7. The summed E-state index contributed by atoms with van der Waals surface area (Å²) in [4.78, 5) is 24.9. The van der Waals surface area contributed by atoms with Gasteiger partial charge in [-0.3, -0.25) is 9.78 Å². The lowest BCUT2D eigenvalue weighted by Crippen LogP contribution is -2.18. The van der Waals surface area contributed by atoms with Gasteiger partial charge in [0.25, 0.3) is 0 Å². The number of nitriles is 1. The predicted octanol–water partition coefficient (Wildman–Crippen LogP) is 3.24. The van der Waals surface area contributed by atoms with Crippen LogP contribution in [0, 0.1) is 11.3 Å². The summed E-state index contributed by atoms with van der Waals surface area (Å²) in [5.41, 5.74) is 9.31. The molecule has 6 nitrogen and oxygen atoms in total. The summed E-state index contributed by atoms with van der Waals surface area (Å²) in [6.45, 7) is 0. The number of pyridine rings is 1. The highest BCUT2D eigenvalue weighted by Gasteiger charge is 2.40. The minimum atomic E-state index is -0.291. The average molecular weight is 376 g/mol. The van der Waals surface area contributed by atoms with E-state index >= 15 is 0 Å². The van der Waals surface area contributed by atoms with Crippen molar-refractivity contribution in [1.82, 2.24) is 15.0 Å². The van der Waals surface area contributed by atoms with Gasteiger partial charge in [0.05, 0.1) is 22.9 Å². The standard InChI is InChI=1S/C20H14ClN5O/c21-19-25-9-15(10-26-19)18(27)14-6-12(8-22)5-13(7-14)17-2-1-16(11-24-17)20(23)3-4-20/h1-2,5-7,9-11H,3-4,23H2. The molecule has 1 aliphatic rings. The molecule has 3 aromatic rings. The lowest BCUT2D eigenvalue weighted by molar-refractivity contribution is 0.103. The Morgan fingerprint density at radius 3 is 2.41 bits per heavy atom. The van der Waals surface area contributed by atoms with Gasteiger partial charge in [0.2, 0.25) is 5.28 Å². The van der Waals surface area contributed by atoms with Gasteiger partial charge in [0.15, 0.2) is 5.78 Å². The molecule has 0 amide bonds. The van der Waals surface area contributed by atoms with Crippen LogP contribution in [0.5, 0.6) is 0 Å². The molecule has 2 N–H and O–H groups in total. The molecule has 2 heterocycles. The molecule has 0 saturated heterocycles. The maximum Gasteiger partial charge on any atom is 0.222 e. The number of nitrogens with zero attached hydrogens (tertiary/aromatic N) is 4. The number of halogens is 1. The van der Waals surface area contributed by atoms with Crippen LogP contribution in [0.2, 0.25) is 5.28 Å². The second kappa shape index (κ2) is 6.54. The van der Waals surface area contributed by atoms with Crippen LogP contribution in [-0.2, 0) is 5.54 Å². The Kier molecular flexibility index (Phi) is 4.19. The molecule has 27 heavy (non-hydrogen) atoms. The van der Waals surface area contributed by atoms with Crippen LogP contribution in [0.25, 0.3) is 11.3 Å². The minimum absolute atomic E-state index is 0.0654. The van der Waals surface area contributed by atoms with E-state index in [1.165, 1.54) is 18.5 Å². The van der Waals surface area contributed by atoms with Gasteiger partial charge < -0.3 is 5.73 Å². The van der Waals surface area contributed by atoms with Gasteiger partial charge >= 0.3 is 0 Å². The van der Waals surface area contributed by atoms with Crippen molar-refractivity contribution in [1.29, 1.82) is 5.26 Å². The smallest absolute Gasteiger partial charge is 0.222 e. The summed E-state index contributed by atoms with van der Waals surface area (Å²) in [5, 5.41) is 9.41. The second-order valence-corrected chi connectivity index (χ2v) is 6.91. The van der Waals surface area contributed by atoms with Crippen LogP contribution in [0.1, 0.15) is 39.9 Å². The molecular weight excluding hydrogens is 362 g/mol. The predicted molar refractivity (Wildman–Crippen MR) is 100.0 cm³/mol. The van der Waals surface area contributed by atoms with Crippen LogP contribution < -0.4 is 5.73 Å². The number of hydrogen-bond donors (Lipinski definition) is 1. The van der Waals surface area contributed by atoms with Crippen LogP contribution in [0.3, 0.4) is 0 Å². The van der Waals surface area contributed by atoms with Crippen molar-refractivity contribution in [3.63, 3.8) is 0 Å². The fourth-order valence-corrected chi connectivity index (χ4v) is 2.95. The quantitative estimate of drug-likeness (QED) is 0.554. The van der Waals surface area contributed by atoms with E-state index in [1.54, 1.807) is 18.3 Å². The van der Waals surface area contributed by atoms with Gasteiger partial charge in [0.1, 0.15) is 0 Å². The summed E-state index contributed by atoms with van der Waals surface area (Å²) in [6, 6.07) is 10.8. The molecule has 1 aromatic carbocycles. The normalized spacial score (nSPS) is 14.4. The van der Waals surface area contributed by atoms with Gasteiger partial charge in [-0.05, 0) is 54.3 Å². The van der Waals surface area contributed by atoms with E-state index in [9.17, 15) is 10.1 Å². The molecule has 132 valence electrons. The van der Waals surface area contributed by atoms with E-state index in [-0.39, 0.29) is 16.6 Å². The van der Waals surface area contributed by atoms with E-state index < -0.39 is 0 Å². The maximum atomic E-state index is 12.7. The van der Waals surface area contributed by atoms with Crippen molar-refractivity contribution in [2.24, 2.45) is 5.73 Å². The number of hydrogen-bond acceptors (Lipinski definition) is 6. The summed E-state index contributed by atoms with van der Waals surface area (Å²) in [7, 11) is 0. The molecule has 7 heteroatoms. The Morgan fingerprint density at radius 2 is 1.81 bits per heavy atom. The zero-order valence-electron chi connectivity index (χ0n) is 14.2. The third kappa shape index (κ3) is 3.43. The third-order valence-corrected chi connectivity index (χ3v) is 4.82. The number of nitrogens with two attached hydrogens (primary N) is 1. The Morgan fingerprint density at radius 1 is 1.07 bits per heavy atom. The van der Waals surface area contributed by atoms with E-state index in [0.29, 0.717) is 27.9 Å². The fraction of sp³-hybridized carbons (Fsp3) is 0.150. The first-order valence-electron chi connectivity index (χ1n) is 8.32. The molecule has 0 aliphatic heterocycles. The van der Waals surface area contributed by atoms with Crippen molar-refractivity contribution in [3.8, 4) is 17.3 Å². The largest absolute Gasteiger partial charge is 0.321 e. The van der Waals surface area contributed by atoms with E-state index in [2.05, 4.69) is 21.0 Å². The number of rotatable bonds is 4. The Bertz CT molecular complexity index is 1070. The van der Waals surface area contributed by atoms with Crippen molar-refractivity contribution < 1.29 is 4.79 Å². The highest BCUT2D eigenvalue weighted by atomic mass is 35.5. The Hall–Kier alpha value is -3.14. The van der Waals surface area contributed by atoms with Crippen LogP contribution in [-0.4, -0.2) is 20.7 Å². The second-order valence-electron chi connectivity index (χ2n) is 6.57. The summed E-state index contributed by atoms with van der Waals surface area (Å²) in [6.07, 6.45) is 6.40. The van der Waals surface area contributed by atoms with Crippen molar-refractivity contribution in [2.75, 3.05) is 0 Å². The Labute approximate surface area is 160 Å². The molecule has 0 bridgehead atoms. The highest BCUT2D eigenvalue weighted by Crippen LogP contribution is 2.42. The number of benzene rings is 1. The zero-order chi connectivity index (χ0) is 19.0. The van der Waals surface area contributed by atoms with Gasteiger partial charge in [0, 0.05) is 35.3 Å². The molecule has 1 saturated carbocycles. The first-order valence-corrected chi connectivity index (χ1v) is 8.69. The molecule has 1 aliphatic carbocycles. The van der Waals surface area contributed by atoms with Crippen molar-refractivity contribution in [2.45, 2.75) is 18.4 Å². The number of carbonyl (C=O) groups is 1. The van der Waals surface area contributed by atoms with Gasteiger partial charge in [-0.1, -0.05) is 6.07 Å². The Balaban J connectivity index is 1.71. The van der Waals surface area contributed by atoms with E-state index in [1.807, 2.05) is 12.1 Å². The van der Waals surface area contributed by atoms with Crippen molar-refractivity contribution in [3.05, 3.63) is 76.5 Å². The topological polar surface area (TPSA) is 106 Å². The first kappa shape index (κ1) is 17.3. The molecular formula is C20H14ClN5O. The monoisotopic (exact) mass is 375 g/mol. The first-order chi connectivity index (χ1) is 13.0. The van der Waals surface area contributed by atoms with Crippen LogP contribution in [0.4, 0.5) is 0 Å². The number of aromatic nitrogens is 3. The lowest BCUT2D eigenvalue weighted by Gasteiger charge is -2.10. The molecule has 0 spiro atoms. The molecule has 2 aromatic heterocycles. The molecule has 0 radical (unpaired) electrons. The fourth-order valence-electron chi connectivity index (χ4n) is 2.85. The molecule has 0 atom stereocenters. The van der Waals surface area contributed by atoms with Gasteiger partial charge in [-0.2, -0.15) is 5.26 Å². The van der Waals surface area contributed by atoms with E-state index in [0.717, 1.165) is 18.4 Å². The van der Waals surface area contributed by atoms with Crippen molar-refractivity contribution >= 4 is 17.4 Å². The minimum Gasteiger partial charge on any atom is -0.321 e. The van der Waals surface area contributed by atoms with Gasteiger partial charge in [-0.25, -0.2) is 9.97 Å². The lowest BCUT2D eigenvalue weighted by atomic mass is 9.98. The summed E-state index contributed by atoms with van der Waals surface area (Å²) < 4.78 is 0. The number of carbonyl (C=O) groups excluding carboxylic acids is 1. The van der Waals surface area contributed by atoms with Crippen LogP contribution >= 0.6 is 11.6 Å². The molecule has 4 rings (SSSR count).